The van der Waals surface area contributed by atoms with Gasteiger partial charge in [0.05, 0.1) is 14.2 Å². The third kappa shape index (κ3) is 6.66. The molecule has 2 fully saturated rings. The highest BCUT2D eigenvalue weighted by Crippen LogP contribution is 2.38. The summed E-state index contributed by atoms with van der Waals surface area (Å²) in [6.45, 7) is 2.26. The van der Waals surface area contributed by atoms with E-state index in [2.05, 4.69) is 40.7 Å². The number of carbonyl (C=O) groups excluding carboxylic acids is 2. The molecule has 3 aromatic rings. The van der Waals surface area contributed by atoms with Crippen LogP contribution in [0, 0.1) is 11.6 Å². The monoisotopic (exact) mass is 645 g/mol. The number of carbonyl (C=O) groups is 2. The highest BCUT2D eigenvalue weighted by molar-refractivity contribution is 6.04. The lowest BCUT2D eigenvalue weighted by molar-refractivity contribution is -0.118. The van der Waals surface area contributed by atoms with Crippen LogP contribution in [-0.2, 0) is 4.79 Å². The van der Waals surface area contributed by atoms with E-state index in [4.69, 9.17) is 14.5 Å². The Bertz CT molecular complexity index is 1560. The van der Waals surface area contributed by atoms with E-state index < -0.39 is 47.6 Å². The van der Waals surface area contributed by atoms with Gasteiger partial charge in [-0.05, 0) is 45.2 Å². The molecule has 3 heterocycles. The maximum atomic E-state index is 15.4. The first-order valence-corrected chi connectivity index (χ1v) is 14.6. The number of halogens is 4. The summed E-state index contributed by atoms with van der Waals surface area (Å²) < 4.78 is 70.9. The number of hydrogen-bond acceptors (Lipinski definition) is 8. The van der Waals surface area contributed by atoms with Gasteiger partial charge < -0.3 is 24.4 Å². The smallest absolute Gasteiger partial charge is 0.387 e. The molecule has 14 heteroatoms. The van der Waals surface area contributed by atoms with Gasteiger partial charge in [-0.15, -0.1) is 0 Å². The van der Waals surface area contributed by atoms with Gasteiger partial charge in [-0.2, -0.15) is 8.78 Å². The van der Waals surface area contributed by atoms with Crippen molar-refractivity contribution in [1.29, 1.82) is 0 Å². The fourth-order valence-corrected chi connectivity index (χ4v) is 5.89. The zero-order valence-electron chi connectivity index (χ0n) is 26.0. The highest BCUT2D eigenvalue weighted by Gasteiger charge is 2.46. The molecule has 10 nitrogen and oxygen atoms in total. The Labute approximate surface area is 263 Å². The molecule has 0 spiro atoms. The Morgan fingerprint density at radius 3 is 2.02 bits per heavy atom. The molecule has 1 N–H and O–H groups in total. The van der Waals surface area contributed by atoms with Crippen molar-refractivity contribution in [3.05, 3.63) is 71.3 Å². The van der Waals surface area contributed by atoms with E-state index in [1.165, 1.54) is 43.4 Å². The minimum Gasteiger partial charge on any atom is -0.497 e. The highest BCUT2D eigenvalue weighted by atomic mass is 19.3. The lowest BCUT2D eigenvalue weighted by Gasteiger charge is -2.43. The number of nitrogens with zero attached hydrogens (tertiary/aromatic N) is 4. The Morgan fingerprint density at radius 1 is 0.891 bits per heavy atom. The van der Waals surface area contributed by atoms with Crippen molar-refractivity contribution < 1.29 is 41.4 Å². The summed E-state index contributed by atoms with van der Waals surface area (Å²) in [7, 11) is 4.80. The van der Waals surface area contributed by atoms with Gasteiger partial charge in [-0.3, -0.25) is 19.4 Å². The van der Waals surface area contributed by atoms with Crippen LogP contribution in [0.25, 0.3) is 0 Å². The third-order valence-electron chi connectivity index (χ3n) is 8.57. The summed E-state index contributed by atoms with van der Waals surface area (Å²) >= 11 is 0. The molecule has 2 saturated heterocycles. The number of piperazine rings is 1. The van der Waals surface area contributed by atoms with Crippen molar-refractivity contribution in [3.8, 4) is 17.2 Å². The van der Waals surface area contributed by atoms with Crippen LogP contribution in [0.1, 0.15) is 35.7 Å². The van der Waals surface area contributed by atoms with Crippen LogP contribution >= 0.6 is 0 Å². The number of rotatable bonds is 9. The van der Waals surface area contributed by atoms with E-state index >= 15 is 8.78 Å². The zero-order valence-corrected chi connectivity index (χ0v) is 26.0. The standard InChI is InChI=1S/C32H35F4N5O5/c1-17-14-40(15-18(2)39(17)3)26-12-22(45-5)13-27(37-26)41-16-23(28-24(33)10-21(44-4)11-25(28)34)29(31(41)43)38-30(42)19-6-8-20(9-7-19)46-32(35)36/h6-13,17-18,23,29,32H,14-16H2,1-5H3,(H,38,42)/t17-,18+,23-,29-/m0/s1. The number of anilines is 2. The number of pyridine rings is 1. The molecule has 246 valence electrons. The predicted octanol–water partition coefficient (Wildman–Crippen LogP) is 4.44. The number of alkyl halides is 2. The van der Waals surface area contributed by atoms with Crippen molar-refractivity contribution in [2.24, 2.45) is 0 Å². The number of likely N-dealkylation sites (N-methyl/N-ethyl adjacent to an activating group) is 1. The Kier molecular flexibility index (Phi) is 9.56. The van der Waals surface area contributed by atoms with Crippen molar-refractivity contribution in [2.75, 3.05) is 50.7 Å². The zero-order chi connectivity index (χ0) is 33.3. The Morgan fingerprint density at radius 2 is 1.46 bits per heavy atom. The molecule has 46 heavy (non-hydrogen) atoms. The van der Waals surface area contributed by atoms with Gasteiger partial charge in [0.1, 0.15) is 46.6 Å². The number of nitrogens with one attached hydrogen (secondary N) is 1. The van der Waals surface area contributed by atoms with Gasteiger partial charge >= 0.3 is 6.61 Å². The first kappa shape index (κ1) is 32.8. The van der Waals surface area contributed by atoms with Crippen molar-refractivity contribution in [1.82, 2.24) is 15.2 Å². The minimum absolute atomic E-state index is 0.0161. The van der Waals surface area contributed by atoms with Crippen LogP contribution in [0.2, 0.25) is 0 Å². The number of aromatic nitrogens is 1. The van der Waals surface area contributed by atoms with E-state index in [0.29, 0.717) is 24.7 Å². The summed E-state index contributed by atoms with van der Waals surface area (Å²) in [5.74, 6) is -3.56. The SMILES string of the molecule is COc1cc(N2C[C@@H](C)N(C)[C@@H](C)C2)nc(N2C[C@@H](c3c(F)cc(OC)cc3F)[C@H](NC(=O)c3ccc(OC(F)F)cc3)C2=O)c1. The number of amides is 2. The first-order chi connectivity index (χ1) is 21.9. The molecule has 0 aliphatic carbocycles. The van der Waals surface area contributed by atoms with Gasteiger partial charge in [-0.25, -0.2) is 13.8 Å². The van der Waals surface area contributed by atoms with E-state index in [9.17, 15) is 18.4 Å². The minimum atomic E-state index is -3.05. The summed E-state index contributed by atoms with van der Waals surface area (Å²) in [4.78, 5) is 37.7. The van der Waals surface area contributed by atoms with Crippen LogP contribution in [0.4, 0.5) is 29.2 Å². The lowest BCUT2D eigenvalue weighted by atomic mass is 9.92. The summed E-state index contributed by atoms with van der Waals surface area (Å²) in [5.41, 5.74) is -0.394. The Balaban J connectivity index is 1.51. The van der Waals surface area contributed by atoms with Crippen LogP contribution in [0.3, 0.4) is 0 Å². The number of ether oxygens (including phenoxy) is 3. The molecule has 2 aromatic carbocycles. The molecule has 0 radical (unpaired) electrons. The summed E-state index contributed by atoms with van der Waals surface area (Å²) in [5, 5.41) is 2.60. The molecular formula is C32H35F4N5O5. The van der Waals surface area contributed by atoms with Crippen LogP contribution in [-0.4, -0.2) is 87.3 Å². The first-order valence-electron chi connectivity index (χ1n) is 14.6. The number of benzene rings is 2. The molecule has 1 aromatic heterocycles. The van der Waals surface area contributed by atoms with Crippen LogP contribution < -0.4 is 29.3 Å². The average Bonchev–Trinajstić information content (AvgIpc) is 3.33. The molecule has 2 aliphatic heterocycles. The fourth-order valence-electron chi connectivity index (χ4n) is 5.89. The van der Waals surface area contributed by atoms with Crippen molar-refractivity contribution in [3.63, 3.8) is 0 Å². The van der Waals surface area contributed by atoms with Crippen LogP contribution in [0.5, 0.6) is 17.2 Å². The number of methoxy groups -OCH3 is 2. The topological polar surface area (TPSA) is 96.5 Å². The molecular weight excluding hydrogens is 610 g/mol. The van der Waals surface area contributed by atoms with E-state index in [-0.39, 0.29) is 41.5 Å². The number of hydrogen-bond donors (Lipinski definition) is 1. The van der Waals surface area contributed by atoms with E-state index in [1.807, 2.05) is 0 Å². The lowest BCUT2D eigenvalue weighted by Crippen LogP contribution is -2.55. The molecule has 4 atom stereocenters. The third-order valence-corrected chi connectivity index (χ3v) is 8.57. The van der Waals surface area contributed by atoms with Gasteiger partial charge in [0.15, 0.2) is 0 Å². The van der Waals surface area contributed by atoms with Crippen molar-refractivity contribution >= 4 is 23.5 Å². The maximum Gasteiger partial charge on any atom is 0.387 e. The molecule has 0 saturated carbocycles. The molecule has 2 aliphatic rings. The van der Waals surface area contributed by atoms with Gasteiger partial charge in [0, 0.05) is 73.0 Å². The molecule has 0 bridgehead atoms. The van der Waals surface area contributed by atoms with E-state index in [1.54, 1.807) is 12.1 Å². The molecule has 2 amide bonds. The largest absolute Gasteiger partial charge is 0.497 e. The molecule has 0 unspecified atom stereocenters. The predicted molar refractivity (Wildman–Crippen MR) is 162 cm³/mol. The second-order valence-electron chi connectivity index (χ2n) is 11.4. The van der Waals surface area contributed by atoms with Gasteiger partial charge in [0.25, 0.3) is 11.8 Å². The van der Waals surface area contributed by atoms with Crippen LogP contribution in [0.15, 0.2) is 48.5 Å². The Hall–Kier alpha value is -4.59. The maximum absolute atomic E-state index is 15.4. The fraction of sp³-hybridized carbons (Fsp3) is 0.406. The van der Waals surface area contributed by atoms with Crippen molar-refractivity contribution in [2.45, 2.75) is 44.5 Å². The van der Waals surface area contributed by atoms with E-state index in [0.717, 1.165) is 12.1 Å². The quantitative estimate of drug-likeness (QED) is 0.342. The second kappa shape index (κ2) is 13.4. The summed E-state index contributed by atoms with van der Waals surface area (Å²) in [6.07, 6.45) is 0. The van der Waals surface area contributed by atoms with Gasteiger partial charge in [0.2, 0.25) is 0 Å². The normalized spacial score (nSPS) is 21.9. The van der Waals surface area contributed by atoms with Gasteiger partial charge in [-0.1, -0.05) is 0 Å². The molecule has 5 rings (SSSR count). The summed E-state index contributed by atoms with van der Waals surface area (Å²) in [6, 6.07) is 9.16. The average molecular weight is 646 g/mol. The second-order valence-corrected chi connectivity index (χ2v) is 11.4.